The van der Waals surface area contributed by atoms with Gasteiger partial charge in [-0.2, -0.15) is 0 Å². The van der Waals surface area contributed by atoms with Crippen molar-refractivity contribution in [1.29, 1.82) is 0 Å². The van der Waals surface area contributed by atoms with E-state index in [1.54, 1.807) is 0 Å². The van der Waals surface area contributed by atoms with Crippen molar-refractivity contribution in [2.24, 2.45) is 0 Å². The van der Waals surface area contributed by atoms with Crippen LogP contribution >= 0.6 is 63.7 Å². The van der Waals surface area contributed by atoms with Crippen molar-refractivity contribution in [3.63, 3.8) is 0 Å². The molecule has 1 heterocycles. The highest BCUT2D eigenvalue weighted by atomic mass is 79.9. The number of fused-ring (bicyclic) bond motifs is 4. The molecule has 3 aromatic rings. The lowest BCUT2D eigenvalue weighted by atomic mass is 10.1. The Morgan fingerprint density at radius 3 is 1.52 bits per heavy atom. The van der Waals surface area contributed by atoms with E-state index in [9.17, 15) is 9.59 Å². The molecule has 0 spiro atoms. The summed E-state index contributed by atoms with van der Waals surface area (Å²) in [5.41, 5.74) is 4.44. The number of hydrogen-bond donors (Lipinski definition) is 0. The maximum Gasteiger partial charge on any atom is 0.287 e. The van der Waals surface area contributed by atoms with Gasteiger partial charge in [0, 0.05) is 17.9 Å². The van der Waals surface area contributed by atoms with Gasteiger partial charge in [0.15, 0.2) is 0 Å². The van der Waals surface area contributed by atoms with Crippen molar-refractivity contribution >= 4 is 75.5 Å². The molecule has 0 saturated carbocycles. The molecule has 0 aromatic heterocycles. The first-order valence-electron chi connectivity index (χ1n) is 8.51. The zero-order valence-corrected chi connectivity index (χ0v) is 20.7. The van der Waals surface area contributed by atoms with Crippen molar-refractivity contribution in [1.82, 2.24) is 5.06 Å². The number of benzene rings is 3. The Morgan fingerprint density at radius 1 is 0.655 bits per heavy atom. The van der Waals surface area contributed by atoms with Crippen LogP contribution in [0.15, 0.2) is 66.4 Å². The lowest BCUT2D eigenvalue weighted by Gasteiger charge is -2.20. The molecule has 0 fully saturated rings. The van der Waals surface area contributed by atoms with Crippen LogP contribution in [0.4, 0.5) is 0 Å². The first kappa shape index (κ1) is 19.6. The maximum atomic E-state index is 13.1. The molecule has 0 saturated heterocycles. The SMILES string of the molecule is O=C1c2c(Br)c(Br)c(Br)c(Br)c2C(=O)N1OC1c2ccccc2-c2ccccc21. The van der Waals surface area contributed by atoms with E-state index in [1.165, 1.54) is 0 Å². The Labute approximate surface area is 199 Å². The van der Waals surface area contributed by atoms with E-state index in [2.05, 4.69) is 63.7 Å². The fourth-order valence-corrected chi connectivity index (χ4v) is 6.21. The van der Waals surface area contributed by atoms with E-state index >= 15 is 0 Å². The molecule has 3 aromatic carbocycles. The molecule has 144 valence electrons. The number of hydrogen-bond acceptors (Lipinski definition) is 3. The quantitative estimate of drug-likeness (QED) is 0.171. The summed E-state index contributed by atoms with van der Waals surface area (Å²) < 4.78 is 2.28. The number of imide groups is 1. The highest BCUT2D eigenvalue weighted by molar-refractivity contribution is 9.15. The average molecular weight is 643 g/mol. The van der Waals surface area contributed by atoms with Gasteiger partial charge in [-0.15, -0.1) is 5.06 Å². The highest BCUT2D eigenvalue weighted by Crippen LogP contribution is 2.48. The van der Waals surface area contributed by atoms with E-state index in [-0.39, 0.29) is 11.1 Å². The number of carbonyl (C=O) groups is 2. The normalized spacial score (nSPS) is 15.0. The molecule has 0 bridgehead atoms. The van der Waals surface area contributed by atoms with Gasteiger partial charge in [0.1, 0.15) is 6.10 Å². The fraction of sp³-hybridized carbons (Fsp3) is 0.0476. The van der Waals surface area contributed by atoms with Gasteiger partial charge in [0.2, 0.25) is 0 Å². The molecule has 0 radical (unpaired) electrons. The van der Waals surface area contributed by atoms with Gasteiger partial charge < -0.3 is 0 Å². The van der Waals surface area contributed by atoms with Crippen molar-refractivity contribution in [3.8, 4) is 11.1 Å². The van der Waals surface area contributed by atoms with Gasteiger partial charge in [-0.3, -0.25) is 9.59 Å². The average Bonchev–Trinajstić information content (AvgIpc) is 3.18. The molecule has 0 N–H and O–H groups in total. The Balaban J connectivity index is 1.61. The van der Waals surface area contributed by atoms with Gasteiger partial charge >= 0.3 is 0 Å². The van der Waals surface area contributed by atoms with Crippen LogP contribution in [0.25, 0.3) is 11.1 Å². The third kappa shape index (κ3) is 2.76. The first-order valence-corrected chi connectivity index (χ1v) is 11.7. The van der Waals surface area contributed by atoms with Crippen molar-refractivity contribution in [2.45, 2.75) is 6.10 Å². The van der Waals surface area contributed by atoms with Crippen LogP contribution in [-0.4, -0.2) is 16.9 Å². The summed E-state index contributed by atoms with van der Waals surface area (Å²) in [4.78, 5) is 32.4. The van der Waals surface area contributed by atoms with Crippen molar-refractivity contribution in [2.75, 3.05) is 0 Å². The number of carbonyl (C=O) groups excluding carboxylic acids is 2. The van der Waals surface area contributed by atoms with Gasteiger partial charge in [0.05, 0.1) is 11.1 Å². The molecule has 5 rings (SSSR count). The Bertz CT molecular complexity index is 1150. The minimum Gasteiger partial charge on any atom is -0.266 e. The van der Waals surface area contributed by atoms with Crippen LogP contribution in [0.5, 0.6) is 0 Å². The van der Waals surface area contributed by atoms with E-state index in [4.69, 9.17) is 4.84 Å². The second-order valence-electron chi connectivity index (χ2n) is 6.57. The fourth-order valence-electron chi connectivity index (χ4n) is 3.75. The molecule has 2 amide bonds. The van der Waals surface area contributed by atoms with Crippen LogP contribution in [0.2, 0.25) is 0 Å². The summed E-state index contributed by atoms with van der Waals surface area (Å²) in [6.07, 6.45) is -0.547. The van der Waals surface area contributed by atoms with Crippen LogP contribution in [-0.2, 0) is 4.84 Å². The van der Waals surface area contributed by atoms with E-state index in [0.717, 1.165) is 27.3 Å². The number of rotatable bonds is 2. The molecular formula is C21H9Br4NO3. The molecule has 1 aliphatic heterocycles. The van der Waals surface area contributed by atoms with Gasteiger partial charge in [0.25, 0.3) is 11.8 Å². The predicted molar refractivity (Wildman–Crippen MR) is 123 cm³/mol. The molecular weight excluding hydrogens is 634 g/mol. The Morgan fingerprint density at radius 2 is 1.07 bits per heavy atom. The smallest absolute Gasteiger partial charge is 0.266 e. The topological polar surface area (TPSA) is 46.6 Å². The van der Waals surface area contributed by atoms with Crippen LogP contribution in [0, 0.1) is 0 Å². The van der Waals surface area contributed by atoms with Gasteiger partial charge in [-0.1, -0.05) is 48.5 Å². The highest BCUT2D eigenvalue weighted by Gasteiger charge is 2.44. The summed E-state index contributed by atoms with van der Waals surface area (Å²) in [6, 6.07) is 15.7. The number of amides is 2. The summed E-state index contributed by atoms with van der Waals surface area (Å²) in [5.74, 6) is -1.01. The molecule has 1 aliphatic carbocycles. The Hall–Kier alpha value is -1.32. The second-order valence-corrected chi connectivity index (χ2v) is 9.74. The zero-order valence-electron chi connectivity index (χ0n) is 14.4. The van der Waals surface area contributed by atoms with Crippen LogP contribution < -0.4 is 0 Å². The van der Waals surface area contributed by atoms with E-state index in [1.807, 2.05) is 48.5 Å². The molecule has 0 atom stereocenters. The minimum atomic E-state index is -0.547. The van der Waals surface area contributed by atoms with Gasteiger partial charge in [-0.05, 0) is 86.0 Å². The maximum absolute atomic E-state index is 13.1. The molecule has 29 heavy (non-hydrogen) atoms. The van der Waals surface area contributed by atoms with E-state index < -0.39 is 17.9 Å². The first-order chi connectivity index (χ1) is 13.9. The summed E-state index contributed by atoms with van der Waals surface area (Å²) in [5, 5.41) is 0.864. The molecule has 4 nitrogen and oxygen atoms in total. The monoisotopic (exact) mass is 639 g/mol. The molecule has 2 aliphatic rings. The third-order valence-corrected chi connectivity index (χ3v) is 9.82. The summed E-state index contributed by atoms with van der Waals surface area (Å²) in [6.45, 7) is 0. The second kappa shape index (κ2) is 7.13. The van der Waals surface area contributed by atoms with Crippen LogP contribution in [0.3, 0.4) is 0 Å². The summed E-state index contributed by atoms with van der Waals surface area (Å²) >= 11 is 13.7. The summed E-state index contributed by atoms with van der Waals surface area (Å²) in [7, 11) is 0. The Kier molecular flexibility index (Phi) is 4.83. The van der Waals surface area contributed by atoms with Crippen LogP contribution in [0.1, 0.15) is 37.9 Å². The lowest BCUT2D eigenvalue weighted by molar-refractivity contribution is -0.119. The zero-order chi connectivity index (χ0) is 20.4. The third-order valence-electron chi connectivity index (χ3n) is 5.05. The number of hydroxylamine groups is 2. The number of halogens is 4. The van der Waals surface area contributed by atoms with Crippen molar-refractivity contribution < 1.29 is 14.4 Å². The minimum absolute atomic E-state index is 0.261. The van der Waals surface area contributed by atoms with E-state index in [0.29, 0.717) is 17.9 Å². The standard InChI is InChI=1S/C21H9Br4NO3/c22-15-13-14(16(23)18(25)17(15)24)21(28)26(20(13)27)29-19-11-7-3-1-5-9(11)10-6-2-4-8-12(10)19/h1-8,19H. The predicted octanol–water partition coefficient (Wildman–Crippen LogP) is 7.03. The largest absolute Gasteiger partial charge is 0.287 e. The molecule has 0 unspecified atom stereocenters. The van der Waals surface area contributed by atoms with Crippen molar-refractivity contribution in [3.05, 3.63) is 88.7 Å². The molecule has 8 heteroatoms. The van der Waals surface area contributed by atoms with Gasteiger partial charge in [-0.25, -0.2) is 4.84 Å². The lowest BCUT2D eigenvalue weighted by Crippen LogP contribution is -2.31. The number of nitrogens with zero attached hydrogens (tertiary/aromatic N) is 1.